The average Bonchev–Trinajstić information content (AvgIpc) is 2.39. The third-order valence-corrected chi connectivity index (χ3v) is 3.32. The monoisotopic (exact) mass is 279 g/mol. The number of carboxylic acid groups (broad SMARTS) is 1. The van der Waals surface area contributed by atoms with Crippen molar-refractivity contribution < 1.29 is 24.7 Å². The molecule has 6 nitrogen and oxygen atoms in total. The second-order valence-electron chi connectivity index (χ2n) is 4.89. The maximum atomic E-state index is 11.1. The number of hydrogen-bond donors (Lipinski definition) is 4. The third-order valence-electron chi connectivity index (χ3n) is 3.32. The predicted molar refractivity (Wildman–Crippen MR) is 73.5 cm³/mol. The fourth-order valence-corrected chi connectivity index (χ4v) is 2.34. The number of aliphatic hydroxyl groups is 1. The molecule has 1 heterocycles. The molecule has 0 aromatic heterocycles. The molecule has 108 valence electrons. The van der Waals surface area contributed by atoms with E-state index in [1.807, 2.05) is 6.92 Å². The van der Waals surface area contributed by atoms with Gasteiger partial charge >= 0.3 is 13.1 Å². The van der Waals surface area contributed by atoms with Crippen molar-refractivity contribution >= 4 is 13.1 Å². The van der Waals surface area contributed by atoms with Crippen molar-refractivity contribution in [1.29, 1.82) is 0 Å². The SMILES string of the molecule is CCCC(O)N[C@H]1Cc2cccc(C(=O)O)c2OB1O. The van der Waals surface area contributed by atoms with Crippen molar-refractivity contribution in [3.8, 4) is 5.75 Å². The summed E-state index contributed by atoms with van der Waals surface area (Å²) >= 11 is 0. The summed E-state index contributed by atoms with van der Waals surface area (Å²) in [5.74, 6) is -1.35. The van der Waals surface area contributed by atoms with Crippen LogP contribution in [-0.2, 0) is 6.42 Å². The second-order valence-corrected chi connectivity index (χ2v) is 4.89. The van der Waals surface area contributed by atoms with E-state index in [0.29, 0.717) is 18.4 Å². The van der Waals surface area contributed by atoms with Gasteiger partial charge in [0.05, 0.1) is 11.5 Å². The van der Waals surface area contributed by atoms with Crippen LogP contribution in [0.15, 0.2) is 18.2 Å². The normalized spacial score (nSPS) is 19.1. The van der Waals surface area contributed by atoms with Gasteiger partial charge in [0.25, 0.3) is 0 Å². The van der Waals surface area contributed by atoms with Gasteiger partial charge in [0.2, 0.25) is 0 Å². The van der Waals surface area contributed by atoms with Crippen molar-refractivity contribution in [3.05, 3.63) is 29.3 Å². The lowest BCUT2D eigenvalue weighted by molar-refractivity contribution is 0.0693. The van der Waals surface area contributed by atoms with Gasteiger partial charge in [0.1, 0.15) is 12.0 Å². The molecule has 0 radical (unpaired) electrons. The van der Waals surface area contributed by atoms with Gasteiger partial charge in [-0.15, -0.1) is 0 Å². The van der Waals surface area contributed by atoms with Gasteiger partial charge in [0.15, 0.2) is 0 Å². The first-order chi connectivity index (χ1) is 9.52. The molecule has 0 aliphatic carbocycles. The summed E-state index contributed by atoms with van der Waals surface area (Å²) in [6.45, 7) is 1.95. The van der Waals surface area contributed by atoms with E-state index in [1.54, 1.807) is 12.1 Å². The molecular weight excluding hydrogens is 261 g/mol. The molecule has 0 saturated carbocycles. The van der Waals surface area contributed by atoms with E-state index in [0.717, 1.165) is 6.42 Å². The Labute approximate surface area is 117 Å². The number of hydrogen-bond acceptors (Lipinski definition) is 5. The summed E-state index contributed by atoms with van der Waals surface area (Å²) in [5, 5.41) is 31.7. The molecule has 1 aromatic carbocycles. The largest absolute Gasteiger partial charge is 0.541 e. The highest BCUT2D eigenvalue weighted by atomic mass is 16.5. The Kier molecular flexibility index (Phi) is 4.64. The van der Waals surface area contributed by atoms with Gasteiger partial charge in [-0.05, 0) is 24.5 Å². The second kappa shape index (κ2) is 6.26. The van der Waals surface area contributed by atoms with Gasteiger partial charge < -0.3 is 19.9 Å². The first kappa shape index (κ1) is 14.8. The van der Waals surface area contributed by atoms with Crippen molar-refractivity contribution in [2.45, 2.75) is 38.4 Å². The van der Waals surface area contributed by atoms with Crippen LogP contribution < -0.4 is 9.97 Å². The van der Waals surface area contributed by atoms with Crippen molar-refractivity contribution in [3.63, 3.8) is 0 Å². The summed E-state index contributed by atoms with van der Waals surface area (Å²) in [5.41, 5.74) is 0.741. The Hall–Kier alpha value is -1.57. The molecular formula is C13H18BNO5. The lowest BCUT2D eigenvalue weighted by Crippen LogP contribution is -2.54. The van der Waals surface area contributed by atoms with Gasteiger partial charge in [-0.2, -0.15) is 0 Å². The van der Waals surface area contributed by atoms with E-state index in [2.05, 4.69) is 5.32 Å². The van der Waals surface area contributed by atoms with Crippen LogP contribution in [0.2, 0.25) is 0 Å². The first-order valence-electron chi connectivity index (χ1n) is 6.67. The predicted octanol–water partition coefficient (Wildman–Crippen LogP) is 0.416. The van der Waals surface area contributed by atoms with Crippen LogP contribution in [0.1, 0.15) is 35.7 Å². The molecule has 20 heavy (non-hydrogen) atoms. The molecule has 2 atom stereocenters. The summed E-state index contributed by atoms with van der Waals surface area (Å²) < 4.78 is 5.32. The molecule has 0 bridgehead atoms. The smallest absolute Gasteiger partial charge is 0.534 e. The third kappa shape index (κ3) is 3.12. The molecule has 2 rings (SSSR count). The Morgan fingerprint density at radius 1 is 1.60 bits per heavy atom. The molecule has 1 aliphatic heterocycles. The highest BCUT2D eigenvalue weighted by molar-refractivity contribution is 6.46. The topological polar surface area (TPSA) is 99.0 Å². The van der Waals surface area contributed by atoms with E-state index in [4.69, 9.17) is 9.76 Å². The Morgan fingerprint density at radius 3 is 3.00 bits per heavy atom. The maximum absolute atomic E-state index is 11.1. The zero-order valence-electron chi connectivity index (χ0n) is 11.2. The molecule has 0 amide bonds. The Balaban J connectivity index is 2.17. The van der Waals surface area contributed by atoms with Gasteiger partial charge in [0, 0.05) is 0 Å². The van der Waals surface area contributed by atoms with Crippen molar-refractivity contribution in [2.24, 2.45) is 0 Å². The number of para-hydroxylation sites is 1. The number of carbonyl (C=O) groups is 1. The average molecular weight is 279 g/mol. The first-order valence-corrected chi connectivity index (χ1v) is 6.67. The van der Waals surface area contributed by atoms with Gasteiger partial charge in [-0.3, -0.25) is 5.32 Å². The fraction of sp³-hybridized carbons (Fsp3) is 0.462. The summed E-state index contributed by atoms with van der Waals surface area (Å²) in [7, 11) is -1.19. The number of benzene rings is 1. The lowest BCUT2D eigenvalue weighted by Gasteiger charge is -2.30. The molecule has 7 heteroatoms. The Morgan fingerprint density at radius 2 is 2.35 bits per heavy atom. The molecule has 1 aliphatic rings. The minimum Gasteiger partial charge on any atom is -0.534 e. The van der Waals surface area contributed by atoms with Crippen LogP contribution >= 0.6 is 0 Å². The fourth-order valence-electron chi connectivity index (χ4n) is 2.34. The zero-order chi connectivity index (χ0) is 14.7. The van der Waals surface area contributed by atoms with Gasteiger partial charge in [-0.25, -0.2) is 4.79 Å². The van der Waals surface area contributed by atoms with E-state index in [-0.39, 0.29) is 11.3 Å². The summed E-state index contributed by atoms with van der Waals surface area (Å²) in [6, 6.07) is 4.84. The van der Waals surface area contributed by atoms with Crippen molar-refractivity contribution in [1.82, 2.24) is 5.32 Å². The van der Waals surface area contributed by atoms with Crippen LogP contribution in [0.25, 0.3) is 0 Å². The van der Waals surface area contributed by atoms with Gasteiger partial charge in [-0.1, -0.05) is 25.5 Å². The minimum atomic E-state index is -1.19. The molecule has 1 aromatic rings. The van der Waals surface area contributed by atoms with Crippen LogP contribution in [0, 0.1) is 0 Å². The molecule has 1 unspecified atom stereocenters. The molecule has 0 fully saturated rings. The quantitative estimate of drug-likeness (QED) is 0.460. The highest BCUT2D eigenvalue weighted by Gasteiger charge is 2.37. The Bertz CT molecular complexity index is 496. The number of fused-ring (bicyclic) bond motifs is 1. The number of rotatable bonds is 5. The summed E-state index contributed by atoms with van der Waals surface area (Å²) in [6.07, 6.45) is 1.08. The van der Waals surface area contributed by atoms with Crippen LogP contribution in [0.3, 0.4) is 0 Å². The lowest BCUT2D eigenvalue weighted by atomic mass is 9.72. The van der Waals surface area contributed by atoms with Crippen molar-refractivity contribution in [2.75, 3.05) is 0 Å². The van der Waals surface area contributed by atoms with E-state index in [1.165, 1.54) is 6.07 Å². The molecule has 0 spiro atoms. The molecule has 4 N–H and O–H groups in total. The summed E-state index contributed by atoms with van der Waals surface area (Å²) in [4.78, 5) is 11.1. The molecule has 0 saturated heterocycles. The van der Waals surface area contributed by atoms with Crippen LogP contribution in [-0.4, -0.2) is 40.5 Å². The number of aliphatic hydroxyl groups excluding tert-OH is 1. The zero-order valence-corrected chi connectivity index (χ0v) is 11.2. The highest BCUT2D eigenvalue weighted by Crippen LogP contribution is 2.30. The number of aromatic carboxylic acids is 1. The minimum absolute atomic E-state index is 0.0362. The van der Waals surface area contributed by atoms with E-state index in [9.17, 15) is 14.9 Å². The number of nitrogens with one attached hydrogen (secondary N) is 1. The maximum Gasteiger partial charge on any atom is 0.541 e. The van der Waals surface area contributed by atoms with E-state index >= 15 is 0 Å². The van der Waals surface area contributed by atoms with Crippen LogP contribution in [0.5, 0.6) is 5.75 Å². The number of carboxylic acids is 1. The van der Waals surface area contributed by atoms with Crippen LogP contribution in [0.4, 0.5) is 0 Å². The van der Waals surface area contributed by atoms with E-state index < -0.39 is 25.3 Å². The standard InChI is InChI=1S/C13H18BNO5/c1-2-4-11(16)15-10-7-8-5-3-6-9(13(17)18)12(8)20-14(10)19/h3,5-6,10-11,15-16,19H,2,4,7H2,1H3,(H,17,18)/t10-,11?/m0/s1.